The molecule has 0 aliphatic rings. The van der Waals surface area contributed by atoms with Crippen molar-refractivity contribution in [3.05, 3.63) is 59.4 Å². The number of hydrogen-bond donors (Lipinski definition) is 0. The van der Waals surface area contributed by atoms with E-state index >= 15 is 0 Å². The van der Waals surface area contributed by atoms with Crippen molar-refractivity contribution in [2.75, 3.05) is 19.5 Å². The molecule has 0 aliphatic carbocycles. The molecule has 6 nitrogen and oxygen atoms in total. The lowest BCUT2D eigenvalue weighted by Crippen LogP contribution is -2.17. The average molecular weight is 380 g/mol. The predicted molar refractivity (Wildman–Crippen MR) is 91.7 cm³/mol. The normalized spacial score (nSPS) is 11.0. The van der Waals surface area contributed by atoms with Crippen LogP contribution in [0.15, 0.2) is 47.4 Å². The lowest BCUT2D eigenvalue weighted by molar-refractivity contribution is 0.0471. The Hall–Kier alpha value is -2.74. The maximum absolute atomic E-state index is 13.6. The SMILES string of the molecule is CCS(=O)(=O)c1ccccc1C(=O)OCC(=O)c1ccc(OC)c(F)c1. The maximum atomic E-state index is 13.6. The molecular formula is C18H17FO6S. The van der Waals surface area contributed by atoms with Gasteiger partial charge in [-0.25, -0.2) is 17.6 Å². The van der Waals surface area contributed by atoms with Gasteiger partial charge in [0.1, 0.15) is 0 Å². The third kappa shape index (κ3) is 4.26. The molecule has 0 amide bonds. The van der Waals surface area contributed by atoms with Crippen LogP contribution in [0, 0.1) is 5.82 Å². The fourth-order valence-electron chi connectivity index (χ4n) is 2.19. The molecule has 0 heterocycles. The van der Waals surface area contributed by atoms with Gasteiger partial charge in [-0.05, 0) is 30.3 Å². The van der Waals surface area contributed by atoms with Crippen molar-refractivity contribution in [1.29, 1.82) is 0 Å². The topological polar surface area (TPSA) is 86.7 Å². The van der Waals surface area contributed by atoms with E-state index in [0.717, 1.165) is 6.07 Å². The number of carbonyl (C=O) groups excluding carboxylic acids is 2. The number of benzene rings is 2. The number of esters is 1. The van der Waals surface area contributed by atoms with Crippen molar-refractivity contribution in [3.63, 3.8) is 0 Å². The van der Waals surface area contributed by atoms with Crippen molar-refractivity contribution >= 4 is 21.6 Å². The Morgan fingerprint density at radius 3 is 2.42 bits per heavy atom. The smallest absolute Gasteiger partial charge is 0.339 e. The summed E-state index contributed by atoms with van der Waals surface area (Å²) in [6, 6.07) is 9.20. The second kappa shape index (κ2) is 8.09. The zero-order valence-electron chi connectivity index (χ0n) is 14.2. The Balaban J connectivity index is 2.15. The van der Waals surface area contributed by atoms with E-state index in [1.165, 1.54) is 50.4 Å². The minimum atomic E-state index is -3.63. The van der Waals surface area contributed by atoms with E-state index in [4.69, 9.17) is 9.47 Å². The zero-order valence-corrected chi connectivity index (χ0v) is 15.0. The summed E-state index contributed by atoms with van der Waals surface area (Å²) in [6.45, 7) is 0.810. The van der Waals surface area contributed by atoms with Gasteiger partial charge >= 0.3 is 5.97 Å². The van der Waals surface area contributed by atoms with Crippen LogP contribution in [0.5, 0.6) is 5.75 Å². The number of carbonyl (C=O) groups is 2. The monoisotopic (exact) mass is 380 g/mol. The second-order valence-corrected chi connectivity index (χ2v) is 7.49. The Bertz CT molecular complexity index is 936. The van der Waals surface area contributed by atoms with Crippen LogP contribution in [0.3, 0.4) is 0 Å². The van der Waals surface area contributed by atoms with Crippen LogP contribution in [0.25, 0.3) is 0 Å². The molecule has 0 radical (unpaired) electrons. The van der Waals surface area contributed by atoms with Crippen molar-refractivity contribution in [2.24, 2.45) is 0 Å². The molecule has 0 atom stereocenters. The van der Waals surface area contributed by atoms with Crippen molar-refractivity contribution in [1.82, 2.24) is 0 Å². The van der Waals surface area contributed by atoms with Crippen LogP contribution in [-0.2, 0) is 14.6 Å². The number of halogens is 1. The molecule has 0 unspecified atom stereocenters. The largest absolute Gasteiger partial charge is 0.494 e. The molecular weight excluding hydrogens is 363 g/mol. The summed E-state index contributed by atoms with van der Waals surface area (Å²) in [7, 11) is -2.33. The van der Waals surface area contributed by atoms with Gasteiger partial charge in [0.15, 0.2) is 33.8 Å². The molecule has 0 aliphatic heterocycles. The zero-order chi connectivity index (χ0) is 19.3. The Kier molecular flexibility index (Phi) is 6.10. The van der Waals surface area contributed by atoms with Crippen molar-refractivity contribution < 1.29 is 31.9 Å². The van der Waals surface area contributed by atoms with Crippen LogP contribution in [0.4, 0.5) is 4.39 Å². The molecule has 0 saturated heterocycles. The first kappa shape index (κ1) is 19.6. The fourth-order valence-corrected chi connectivity index (χ4v) is 3.28. The first-order valence-electron chi connectivity index (χ1n) is 7.65. The molecule has 0 bridgehead atoms. The molecule has 0 aromatic heterocycles. The highest BCUT2D eigenvalue weighted by Gasteiger charge is 2.22. The van der Waals surface area contributed by atoms with Gasteiger partial charge in [-0.15, -0.1) is 0 Å². The second-order valence-electron chi connectivity index (χ2n) is 5.25. The van der Waals surface area contributed by atoms with Crippen LogP contribution in [-0.4, -0.2) is 39.6 Å². The quantitative estimate of drug-likeness (QED) is 0.542. The van der Waals surface area contributed by atoms with Crippen LogP contribution < -0.4 is 4.74 Å². The molecule has 26 heavy (non-hydrogen) atoms. The summed E-state index contributed by atoms with van der Waals surface area (Å²) in [5, 5.41) is 0. The van der Waals surface area contributed by atoms with E-state index in [9.17, 15) is 22.4 Å². The maximum Gasteiger partial charge on any atom is 0.339 e. The Morgan fingerprint density at radius 2 is 1.81 bits per heavy atom. The average Bonchev–Trinajstić information content (AvgIpc) is 2.65. The predicted octanol–water partition coefficient (Wildman–Crippen LogP) is 2.67. The molecule has 0 spiro atoms. The lowest BCUT2D eigenvalue weighted by Gasteiger charge is -2.09. The van der Waals surface area contributed by atoms with E-state index in [2.05, 4.69) is 0 Å². The summed E-state index contributed by atoms with van der Waals surface area (Å²) in [5.41, 5.74) is -0.145. The minimum Gasteiger partial charge on any atom is -0.494 e. The van der Waals surface area contributed by atoms with Gasteiger partial charge in [0, 0.05) is 5.56 Å². The number of methoxy groups -OCH3 is 1. The number of hydrogen-bond acceptors (Lipinski definition) is 6. The number of Topliss-reactive ketones (excluding diaryl/α,β-unsaturated/α-hetero) is 1. The molecule has 0 N–H and O–H groups in total. The highest BCUT2D eigenvalue weighted by molar-refractivity contribution is 7.91. The third-order valence-corrected chi connectivity index (χ3v) is 5.42. The van der Waals surface area contributed by atoms with Gasteiger partial charge in [-0.2, -0.15) is 0 Å². The van der Waals surface area contributed by atoms with Gasteiger partial charge in [0.2, 0.25) is 0 Å². The highest BCUT2D eigenvalue weighted by atomic mass is 32.2. The Morgan fingerprint density at radius 1 is 1.12 bits per heavy atom. The van der Waals surface area contributed by atoms with E-state index < -0.39 is 34.0 Å². The third-order valence-electron chi connectivity index (χ3n) is 3.63. The van der Waals surface area contributed by atoms with Gasteiger partial charge in [-0.1, -0.05) is 19.1 Å². The number of ketones is 1. The van der Waals surface area contributed by atoms with Gasteiger partial charge in [0.05, 0.1) is 23.3 Å². The highest BCUT2D eigenvalue weighted by Crippen LogP contribution is 2.20. The van der Waals surface area contributed by atoms with Gasteiger partial charge in [-0.3, -0.25) is 4.79 Å². The fraction of sp³-hybridized carbons (Fsp3) is 0.222. The van der Waals surface area contributed by atoms with Crippen molar-refractivity contribution in [2.45, 2.75) is 11.8 Å². The number of sulfone groups is 1. The van der Waals surface area contributed by atoms with Crippen LogP contribution in [0.1, 0.15) is 27.6 Å². The lowest BCUT2D eigenvalue weighted by atomic mass is 10.1. The van der Waals surface area contributed by atoms with Gasteiger partial charge in [0.25, 0.3) is 0 Å². The Labute approximate surface area is 150 Å². The molecule has 2 rings (SSSR count). The standard InChI is InChI=1S/C18H17FO6S/c1-3-26(22,23)17-7-5-4-6-13(17)18(21)25-11-15(20)12-8-9-16(24-2)14(19)10-12/h4-10H,3,11H2,1-2H3. The van der Waals surface area contributed by atoms with Crippen molar-refractivity contribution in [3.8, 4) is 5.75 Å². The molecule has 138 valence electrons. The summed E-state index contributed by atoms with van der Waals surface area (Å²) in [6.07, 6.45) is 0. The number of ether oxygens (including phenoxy) is 2. The molecule has 2 aromatic rings. The summed E-state index contributed by atoms with van der Waals surface area (Å²) >= 11 is 0. The van der Waals surface area contributed by atoms with Crippen LogP contribution in [0.2, 0.25) is 0 Å². The minimum absolute atomic E-state index is 0.00515. The molecule has 0 fully saturated rings. The summed E-state index contributed by atoms with van der Waals surface area (Å²) in [5.74, 6) is -2.49. The summed E-state index contributed by atoms with van der Waals surface area (Å²) in [4.78, 5) is 24.1. The van der Waals surface area contributed by atoms with E-state index in [-0.39, 0.29) is 27.5 Å². The van der Waals surface area contributed by atoms with E-state index in [0.29, 0.717) is 0 Å². The molecule has 0 saturated carbocycles. The first-order valence-corrected chi connectivity index (χ1v) is 9.31. The van der Waals surface area contributed by atoms with Crippen LogP contribution >= 0.6 is 0 Å². The van der Waals surface area contributed by atoms with E-state index in [1.807, 2.05) is 0 Å². The summed E-state index contributed by atoms with van der Waals surface area (Å²) < 4.78 is 47.4. The molecule has 8 heteroatoms. The number of rotatable bonds is 7. The van der Waals surface area contributed by atoms with Gasteiger partial charge < -0.3 is 9.47 Å². The molecule has 2 aromatic carbocycles. The van der Waals surface area contributed by atoms with E-state index in [1.54, 1.807) is 0 Å². The first-order chi connectivity index (χ1) is 12.3.